The van der Waals surface area contributed by atoms with Crippen LogP contribution in [0.1, 0.15) is 54.7 Å². The monoisotopic (exact) mass is 558 g/mol. The van der Waals surface area contributed by atoms with Crippen LogP contribution in [0.2, 0.25) is 0 Å². The third-order valence-corrected chi connectivity index (χ3v) is 7.87. The number of ether oxygens (including phenoxy) is 1. The first-order valence-electron chi connectivity index (χ1n) is 13.2. The average Bonchev–Trinajstić information content (AvgIpc) is 3.53. The molecular formula is C30H30N4O5S. The van der Waals surface area contributed by atoms with Gasteiger partial charge in [-0.25, -0.2) is 4.79 Å². The van der Waals surface area contributed by atoms with Gasteiger partial charge >= 0.3 is 5.97 Å². The van der Waals surface area contributed by atoms with Gasteiger partial charge in [0.15, 0.2) is 5.69 Å². The van der Waals surface area contributed by atoms with Gasteiger partial charge in [0.2, 0.25) is 11.8 Å². The Morgan fingerprint density at radius 3 is 2.55 bits per heavy atom. The number of carbonyl (C=O) groups excluding carboxylic acids is 3. The van der Waals surface area contributed by atoms with E-state index in [0.29, 0.717) is 22.0 Å². The molecule has 3 heterocycles. The third-order valence-electron chi connectivity index (χ3n) is 6.97. The van der Waals surface area contributed by atoms with Crippen LogP contribution in [-0.2, 0) is 14.3 Å². The highest BCUT2D eigenvalue weighted by molar-refractivity contribution is 7.16. The molecule has 0 saturated carbocycles. The highest BCUT2D eigenvalue weighted by Gasteiger charge is 2.36. The summed E-state index contributed by atoms with van der Waals surface area (Å²) < 4.78 is 6.39. The van der Waals surface area contributed by atoms with Crippen molar-refractivity contribution in [3.8, 4) is 5.69 Å². The molecule has 2 amide bonds. The van der Waals surface area contributed by atoms with Gasteiger partial charge in [0.25, 0.3) is 5.56 Å². The number of aromatic nitrogens is 2. The summed E-state index contributed by atoms with van der Waals surface area (Å²) in [5.41, 5.74) is 2.87. The third kappa shape index (κ3) is 5.14. The molecule has 1 aliphatic heterocycles. The molecule has 1 saturated heterocycles. The van der Waals surface area contributed by atoms with E-state index in [1.807, 2.05) is 43.3 Å². The first kappa shape index (κ1) is 27.3. The molecule has 1 atom stereocenters. The Bertz CT molecular complexity index is 1670. The van der Waals surface area contributed by atoms with Crippen LogP contribution < -0.4 is 15.8 Å². The number of benzene rings is 2. The van der Waals surface area contributed by atoms with Gasteiger partial charge in [0.1, 0.15) is 5.00 Å². The Morgan fingerprint density at radius 1 is 1.12 bits per heavy atom. The molecule has 1 aliphatic rings. The minimum absolute atomic E-state index is 0.0113. The van der Waals surface area contributed by atoms with E-state index in [4.69, 9.17) is 4.74 Å². The van der Waals surface area contributed by atoms with Gasteiger partial charge in [0.05, 0.1) is 23.6 Å². The Hall–Kier alpha value is -4.31. The summed E-state index contributed by atoms with van der Waals surface area (Å²) in [7, 11) is 0. The molecule has 2 aromatic heterocycles. The van der Waals surface area contributed by atoms with Crippen LogP contribution in [0.15, 0.2) is 58.7 Å². The molecule has 1 N–H and O–H groups in total. The van der Waals surface area contributed by atoms with E-state index in [-0.39, 0.29) is 42.5 Å². The smallest absolute Gasteiger partial charge is 0.359 e. The second-order valence-corrected chi connectivity index (χ2v) is 11.0. The molecule has 1 unspecified atom stereocenters. The van der Waals surface area contributed by atoms with E-state index in [9.17, 15) is 19.2 Å². The molecule has 10 heteroatoms. The van der Waals surface area contributed by atoms with Crippen LogP contribution in [0.5, 0.6) is 0 Å². The predicted molar refractivity (Wildman–Crippen MR) is 156 cm³/mol. The Labute approximate surface area is 235 Å². The number of hydrogen-bond donors (Lipinski definition) is 1. The van der Waals surface area contributed by atoms with Crippen molar-refractivity contribution < 1.29 is 19.1 Å². The maximum atomic E-state index is 13.7. The topological polar surface area (TPSA) is 111 Å². The molecule has 0 bridgehead atoms. The van der Waals surface area contributed by atoms with Crippen LogP contribution >= 0.6 is 11.3 Å². The van der Waals surface area contributed by atoms with E-state index in [2.05, 4.69) is 24.3 Å². The van der Waals surface area contributed by atoms with Crippen molar-refractivity contribution in [1.29, 1.82) is 0 Å². The number of amides is 2. The molecule has 40 heavy (non-hydrogen) atoms. The van der Waals surface area contributed by atoms with Crippen LogP contribution in [0.4, 0.5) is 10.7 Å². The van der Waals surface area contributed by atoms with E-state index < -0.39 is 17.4 Å². The first-order valence-corrected chi connectivity index (χ1v) is 14.1. The molecule has 0 spiro atoms. The second kappa shape index (κ2) is 11.1. The van der Waals surface area contributed by atoms with E-state index in [1.165, 1.54) is 4.68 Å². The van der Waals surface area contributed by atoms with Gasteiger partial charge in [-0.1, -0.05) is 38.1 Å². The normalized spacial score (nSPS) is 15.2. The number of nitrogens with zero attached hydrogens (tertiary/aromatic N) is 3. The quantitative estimate of drug-likeness (QED) is 0.318. The van der Waals surface area contributed by atoms with Crippen LogP contribution in [-0.4, -0.2) is 40.7 Å². The number of anilines is 2. The first-order chi connectivity index (χ1) is 19.2. The lowest BCUT2D eigenvalue weighted by Crippen LogP contribution is -2.29. The molecule has 1 fully saturated rings. The standard InChI is InChI=1S/C30H30N4O5S/c1-5-39-30(38)26-23-16-40-28(25(23)29(37)34(32-26)21-11-9-19(10-12-21)17(2)3)31-27(36)20-14-24(35)33(15-20)22-8-6-7-18(4)13-22/h6-13,16-17,20H,5,14-15H2,1-4H3,(H,31,36). The highest BCUT2D eigenvalue weighted by atomic mass is 32.1. The van der Waals surface area contributed by atoms with Gasteiger partial charge < -0.3 is 15.0 Å². The molecule has 0 radical (unpaired) electrons. The van der Waals surface area contributed by atoms with Crippen molar-refractivity contribution in [2.75, 3.05) is 23.4 Å². The molecule has 206 valence electrons. The minimum Gasteiger partial charge on any atom is -0.461 e. The fraction of sp³-hybridized carbons (Fsp3) is 0.300. The molecule has 5 rings (SSSR count). The summed E-state index contributed by atoms with van der Waals surface area (Å²) in [6.07, 6.45) is 0.0607. The summed E-state index contributed by atoms with van der Waals surface area (Å²) in [6.45, 7) is 8.16. The van der Waals surface area contributed by atoms with Crippen LogP contribution in [0, 0.1) is 12.8 Å². The Balaban J connectivity index is 1.50. The zero-order valence-corrected chi connectivity index (χ0v) is 23.6. The SMILES string of the molecule is CCOC(=O)c1nn(-c2ccc(C(C)C)cc2)c(=O)c2c(NC(=O)C3CC(=O)N(c4cccc(C)c4)C3)scc12. The number of aryl methyl sites for hydroxylation is 1. The number of fused-ring (bicyclic) bond motifs is 1. The van der Waals surface area contributed by atoms with Crippen LogP contribution in [0.25, 0.3) is 16.5 Å². The Morgan fingerprint density at radius 2 is 1.88 bits per heavy atom. The number of esters is 1. The summed E-state index contributed by atoms with van der Waals surface area (Å²) in [5, 5.41) is 9.62. The minimum atomic E-state index is -0.661. The van der Waals surface area contributed by atoms with Gasteiger partial charge in [-0.05, 0) is 55.2 Å². The lowest BCUT2D eigenvalue weighted by Gasteiger charge is -2.17. The lowest BCUT2D eigenvalue weighted by molar-refractivity contribution is -0.122. The number of thiophene rings is 1. The fourth-order valence-electron chi connectivity index (χ4n) is 4.81. The molecular weight excluding hydrogens is 528 g/mol. The van der Waals surface area contributed by atoms with Crippen molar-refractivity contribution in [2.45, 2.75) is 40.0 Å². The van der Waals surface area contributed by atoms with E-state index in [0.717, 1.165) is 28.2 Å². The molecule has 2 aromatic carbocycles. The van der Waals surface area contributed by atoms with Crippen molar-refractivity contribution >= 4 is 50.6 Å². The van der Waals surface area contributed by atoms with Crippen molar-refractivity contribution in [1.82, 2.24) is 9.78 Å². The summed E-state index contributed by atoms with van der Waals surface area (Å²) in [6, 6.07) is 15.0. The van der Waals surface area contributed by atoms with Gasteiger partial charge in [-0.2, -0.15) is 9.78 Å². The maximum absolute atomic E-state index is 13.7. The number of hydrogen-bond acceptors (Lipinski definition) is 7. The zero-order valence-electron chi connectivity index (χ0n) is 22.8. The lowest BCUT2D eigenvalue weighted by atomic mass is 10.0. The summed E-state index contributed by atoms with van der Waals surface area (Å²) >= 11 is 1.13. The largest absolute Gasteiger partial charge is 0.461 e. The molecule has 0 aliphatic carbocycles. The second-order valence-electron chi connectivity index (χ2n) is 10.1. The summed E-state index contributed by atoms with van der Waals surface area (Å²) in [4.78, 5) is 54.3. The number of carbonyl (C=O) groups is 3. The number of nitrogens with one attached hydrogen (secondary N) is 1. The van der Waals surface area contributed by atoms with Crippen molar-refractivity contribution in [2.24, 2.45) is 5.92 Å². The van der Waals surface area contributed by atoms with E-state index >= 15 is 0 Å². The highest BCUT2D eigenvalue weighted by Crippen LogP contribution is 2.33. The van der Waals surface area contributed by atoms with Crippen molar-refractivity contribution in [3.63, 3.8) is 0 Å². The molecule has 9 nitrogen and oxygen atoms in total. The fourth-order valence-corrected chi connectivity index (χ4v) is 5.75. The zero-order chi connectivity index (χ0) is 28.6. The van der Waals surface area contributed by atoms with Gasteiger partial charge in [-0.15, -0.1) is 11.3 Å². The van der Waals surface area contributed by atoms with Gasteiger partial charge in [-0.3, -0.25) is 14.4 Å². The van der Waals surface area contributed by atoms with Gasteiger partial charge in [0, 0.05) is 29.4 Å². The van der Waals surface area contributed by atoms with Crippen LogP contribution in [0.3, 0.4) is 0 Å². The van der Waals surface area contributed by atoms with Crippen molar-refractivity contribution in [3.05, 3.63) is 81.1 Å². The van der Waals surface area contributed by atoms with E-state index in [1.54, 1.807) is 29.3 Å². The molecule has 4 aromatic rings. The number of rotatable bonds is 7. The summed E-state index contributed by atoms with van der Waals surface area (Å²) in [5.74, 6) is -1.45. The maximum Gasteiger partial charge on any atom is 0.359 e. The average molecular weight is 559 g/mol. The predicted octanol–water partition coefficient (Wildman–Crippen LogP) is 5.05. The Kier molecular flexibility index (Phi) is 7.53.